The van der Waals surface area contributed by atoms with Crippen LogP contribution in [0.3, 0.4) is 0 Å². The number of rotatable bonds is 3. The van der Waals surface area contributed by atoms with Crippen molar-refractivity contribution in [1.82, 2.24) is 0 Å². The molecule has 1 atom stereocenters. The first-order chi connectivity index (χ1) is 9.32. The summed E-state index contributed by atoms with van der Waals surface area (Å²) in [5.74, 6) is 0.250. The van der Waals surface area contributed by atoms with Gasteiger partial charge in [0.15, 0.2) is 0 Å². The van der Waals surface area contributed by atoms with Gasteiger partial charge in [0.1, 0.15) is 5.56 Å². The van der Waals surface area contributed by atoms with E-state index in [0.29, 0.717) is 25.3 Å². The van der Waals surface area contributed by atoms with Gasteiger partial charge in [0.25, 0.3) is 5.69 Å². The van der Waals surface area contributed by atoms with Gasteiger partial charge < -0.3 is 10.6 Å². The van der Waals surface area contributed by atoms with Gasteiger partial charge in [-0.1, -0.05) is 0 Å². The number of hydrogen-bond donors (Lipinski definition) is 1. The zero-order valence-electron chi connectivity index (χ0n) is 10.6. The Bertz CT molecular complexity index is 519. The minimum Gasteiger partial charge on any atom is -0.371 e. The first-order valence-corrected chi connectivity index (χ1v) is 6.13. The Kier molecular flexibility index (Phi) is 3.85. The number of nitro benzene ring substituents is 1. The lowest BCUT2D eigenvalue weighted by Gasteiger charge is -2.20. The third kappa shape index (κ3) is 2.84. The third-order valence-corrected chi connectivity index (χ3v) is 3.47. The van der Waals surface area contributed by atoms with Crippen LogP contribution in [0, 0.1) is 16.0 Å². The summed E-state index contributed by atoms with van der Waals surface area (Å²) in [7, 11) is 0. The van der Waals surface area contributed by atoms with Crippen molar-refractivity contribution in [3.63, 3.8) is 0 Å². The molecule has 1 unspecified atom stereocenters. The molecule has 0 saturated carbocycles. The molecule has 2 rings (SSSR count). The predicted molar refractivity (Wildman–Crippen MR) is 67.5 cm³/mol. The summed E-state index contributed by atoms with van der Waals surface area (Å²) >= 11 is 0. The van der Waals surface area contributed by atoms with E-state index in [9.17, 15) is 23.3 Å². The largest absolute Gasteiger partial charge is 0.423 e. The van der Waals surface area contributed by atoms with E-state index in [1.54, 1.807) is 4.90 Å². The fourth-order valence-electron chi connectivity index (χ4n) is 2.37. The van der Waals surface area contributed by atoms with Crippen LogP contribution in [0.25, 0.3) is 0 Å². The Morgan fingerprint density at radius 1 is 1.45 bits per heavy atom. The highest BCUT2D eigenvalue weighted by molar-refractivity contribution is 5.57. The average molecular weight is 289 g/mol. The maximum atomic E-state index is 12.9. The van der Waals surface area contributed by atoms with Crippen molar-refractivity contribution >= 4 is 11.4 Å². The van der Waals surface area contributed by atoms with Crippen LogP contribution in [0.4, 0.5) is 24.5 Å². The molecule has 1 aliphatic rings. The lowest BCUT2D eigenvalue weighted by Crippen LogP contribution is -2.23. The van der Waals surface area contributed by atoms with Crippen LogP contribution in [-0.4, -0.2) is 24.6 Å². The summed E-state index contributed by atoms with van der Waals surface area (Å²) in [6.07, 6.45) is -3.93. The van der Waals surface area contributed by atoms with E-state index in [1.165, 1.54) is 6.07 Å². The molecule has 0 aliphatic carbocycles. The standard InChI is InChI=1S/C12H14F3N3O2/c13-12(14,15)10-5-9(1-2-11(10)18(19)20)17-4-3-8(6-16)7-17/h1-2,5,8H,3-4,6-7,16H2. The smallest absolute Gasteiger partial charge is 0.371 e. The molecule has 0 spiro atoms. The number of nitro groups is 1. The highest BCUT2D eigenvalue weighted by Gasteiger charge is 2.39. The molecular formula is C12H14F3N3O2. The van der Waals surface area contributed by atoms with Gasteiger partial charge in [0.05, 0.1) is 4.92 Å². The van der Waals surface area contributed by atoms with Gasteiger partial charge in [-0.2, -0.15) is 13.2 Å². The number of nitrogens with two attached hydrogens (primary N) is 1. The van der Waals surface area contributed by atoms with Crippen LogP contribution in [0.1, 0.15) is 12.0 Å². The van der Waals surface area contributed by atoms with E-state index in [1.807, 2.05) is 0 Å². The van der Waals surface area contributed by atoms with Crippen LogP contribution in [0.2, 0.25) is 0 Å². The maximum Gasteiger partial charge on any atom is 0.423 e. The summed E-state index contributed by atoms with van der Waals surface area (Å²) in [6.45, 7) is 1.66. The molecule has 1 fully saturated rings. The van der Waals surface area contributed by atoms with E-state index in [4.69, 9.17) is 5.73 Å². The second-order valence-electron chi connectivity index (χ2n) is 4.79. The van der Waals surface area contributed by atoms with Crippen molar-refractivity contribution in [3.05, 3.63) is 33.9 Å². The highest BCUT2D eigenvalue weighted by atomic mass is 19.4. The van der Waals surface area contributed by atoms with E-state index < -0.39 is 22.4 Å². The number of hydrogen-bond acceptors (Lipinski definition) is 4. The maximum absolute atomic E-state index is 12.9. The van der Waals surface area contributed by atoms with E-state index in [-0.39, 0.29) is 5.92 Å². The van der Waals surface area contributed by atoms with Crippen molar-refractivity contribution in [3.8, 4) is 0 Å². The number of anilines is 1. The molecule has 1 heterocycles. The lowest BCUT2D eigenvalue weighted by molar-refractivity contribution is -0.388. The molecule has 1 aromatic rings. The number of halogens is 3. The van der Waals surface area contributed by atoms with E-state index in [0.717, 1.165) is 18.6 Å². The molecular weight excluding hydrogens is 275 g/mol. The molecule has 2 N–H and O–H groups in total. The summed E-state index contributed by atoms with van der Waals surface area (Å²) < 4.78 is 38.6. The summed E-state index contributed by atoms with van der Waals surface area (Å²) in [6, 6.07) is 3.11. The molecule has 0 amide bonds. The monoisotopic (exact) mass is 289 g/mol. The molecule has 1 aliphatic heterocycles. The summed E-state index contributed by atoms with van der Waals surface area (Å²) in [4.78, 5) is 11.4. The van der Waals surface area contributed by atoms with Crippen LogP contribution < -0.4 is 10.6 Å². The molecule has 110 valence electrons. The Morgan fingerprint density at radius 2 is 2.15 bits per heavy atom. The normalized spacial score (nSPS) is 19.4. The Balaban J connectivity index is 2.35. The van der Waals surface area contributed by atoms with Gasteiger partial charge in [-0.05, 0) is 31.0 Å². The van der Waals surface area contributed by atoms with Crippen LogP contribution in [0.15, 0.2) is 18.2 Å². The molecule has 0 bridgehead atoms. The molecule has 1 saturated heterocycles. The van der Waals surface area contributed by atoms with Crippen LogP contribution in [-0.2, 0) is 6.18 Å². The summed E-state index contributed by atoms with van der Waals surface area (Å²) in [5.41, 5.74) is 3.75. The number of benzene rings is 1. The van der Waals surface area contributed by atoms with Crippen molar-refractivity contribution in [2.45, 2.75) is 12.6 Å². The average Bonchev–Trinajstić information content (AvgIpc) is 2.85. The number of nitrogens with zero attached hydrogens (tertiary/aromatic N) is 2. The minimum absolute atomic E-state index is 0.250. The second-order valence-corrected chi connectivity index (χ2v) is 4.79. The SMILES string of the molecule is NCC1CCN(c2ccc([N+](=O)[O-])c(C(F)(F)F)c2)C1. The third-order valence-electron chi connectivity index (χ3n) is 3.47. The zero-order valence-corrected chi connectivity index (χ0v) is 10.6. The predicted octanol–water partition coefficient (Wildman–Crippen LogP) is 2.40. The molecule has 20 heavy (non-hydrogen) atoms. The van der Waals surface area contributed by atoms with Gasteiger partial charge in [0, 0.05) is 24.8 Å². The molecule has 0 aromatic heterocycles. The molecule has 5 nitrogen and oxygen atoms in total. The van der Waals surface area contributed by atoms with Crippen molar-refractivity contribution in [1.29, 1.82) is 0 Å². The van der Waals surface area contributed by atoms with Crippen LogP contribution >= 0.6 is 0 Å². The Hall–Kier alpha value is -1.83. The zero-order chi connectivity index (χ0) is 14.9. The minimum atomic E-state index is -4.74. The lowest BCUT2D eigenvalue weighted by atomic mass is 10.1. The Labute approximate surface area is 113 Å². The van der Waals surface area contributed by atoms with Gasteiger partial charge in [-0.3, -0.25) is 10.1 Å². The van der Waals surface area contributed by atoms with Crippen molar-refractivity contribution in [2.24, 2.45) is 11.7 Å². The molecule has 1 aromatic carbocycles. The highest BCUT2D eigenvalue weighted by Crippen LogP contribution is 2.39. The second kappa shape index (κ2) is 5.28. The fraction of sp³-hybridized carbons (Fsp3) is 0.500. The molecule has 8 heteroatoms. The van der Waals surface area contributed by atoms with Gasteiger partial charge in [0.2, 0.25) is 0 Å². The van der Waals surface area contributed by atoms with Gasteiger partial charge in [-0.25, -0.2) is 0 Å². The topological polar surface area (TPSA) is 72.4 Å². The first-order valence-electron chi connectivity index (χ1n) is 6.13. The number of alkyl halides is 3. The first kappa shape index (κ1) is 14.6. The fourth-order valence-corrected chi connectivity index (χ4v) is 2.37. The quantitative estimate of drug-likeness (QED) is 0.685. The van der Waals surface area contributed by atoms with Crippen molar-refractivity contribution in [2.75, 3.05) is 24.5 Å². The van der Waals surface area contributed by atoms with Gasteiger partial charge >= 0.3 is 6.18 Å². The van der Waals surface area contributed by atoms with E-state index in [2.05, 4.69) is 0 Å². The molecule has 0 radical (unpaired) electrons. The summed E-state index contributed by atoms with van der Waals surface area (Å²) in [5, 5.41) is 10.7. The van der Waals surface area contributed by atoms with E-state index >= 15 is 0 Å². The van der Waals surface area contributed by atoms with Crippen molar-refractivity contribution < 1.29 is 18.1 Å². The Morgan fingerprint density at radius 3 is 2.65 bits per heavy atom. The van der Waals surface area contributed by atoms with Gasteiger partial charge in [-0.15, -0.1) is 0 Å². The van der Waals surface area contributed by atoms with Crippen LogP contribution in [0.5, 0.6) is 0 Å².